The van der Waals surface area contributed by atoms with Crippen molar-refractivity contribution in [2.75, 3.05) is 0 Å². The Kier molecular flexibility index (Phi) is 3.63. The fourth-order valence-electron chi connectivity index (χ4n) is 1.84. The molecule has 0 saturated carbocycles. The van der Waals surface area contributed by atoms with Crippen LogP contribution in [0.5, 0.6) is 5.75 Å². The minimum atomic E-state index is -0.521. The molecule has 0 bridgehead atoms. The molecule has 0 aliphatic carbocycles. The van der Waals surface area contributed by atoms with E-state index in [-0.39, 0.29) is 5.76 Å². The van der Waals surface area contributed by atoms with Crippen molar-refractivity contribution in [3.63, 3.8) is 0 Å². The number of furan rings is 1. The summed E-state index contributed by atoms with van der Waals surface area (Å²) < 4.78 is 11.9. The molecule has 0 aliphatic heterocycles. The largest absolute Gasteiger partial charge is 0.442 e. The summed E-state index contributed by atoms with van der Waals surface area (Å²) in [4.78, 5) is 11.9. The molecule has 1 heterocycles. The van der Waals surface area contributed by atoms with Crippen LogP contribution < -0.4 is 4.74 Å². The molecule has 0 radical (unpaired) electrons. The molecule has 0 N–H and O–H groups in total. The monoisotopic (exact) mass is 394 g/mol. The van der Waals surface area contributed by atoms with Gasteiger partial charge in [0.2, 0.25) is 5.76 Å². The van der Waals surface area contributed by atoms with E-state index in [2.05, 4.69) is 31.9 Å². The number of rotatable bonds is 2. The molecule has 0 spiro atoms. The van der Waals surface area contributed by atoms with Crippen LogP contribution in [0.4, 0.5) is 0 Å². The normalized spacial score (nSPS) is 10.7. The second-order valence-electron chi connectivity index (χ2n) is 4.15. The summed E-state index contributed by atoms with van der Waals surface area (Å²) >= 11 is 6.57. The van der Waals surface area contributed by atoms with E-state index in [9.17, 15) is 4.79 Å². The van der Waals surface area contributed by atoms with E-state index in [1.54, 1.807) is 18.2 Å². The Bertz CT molecular complexity index is 793. The van der Waals surface area contributed by atoms with Gasteiger partial charge in [-0.3, -0.25) is 0 Å². The molecule has 20 heavy (non-hydrogen) atoms. The van der Waals surface area contributed by atoms with E-state index >= 15 is 0 Å². The maximum Gasteiger partial charge on any atom is 0.379 e. The van der Waals surface area contributed by atoms with Crippen LogP contribution in [0, 0.1) is 0 Å². The molecule has 3 aromatic rings. The lowest BCUT2D eigenvalue weighted by atomic mass is 10.1. The maximum absolute atomic E-state index is 11.9. The van der Waals surface area contributed by atoms with E-state index in [1.807, 2.05) is 30.3 Å². The first kappa shape index (κ1) is 13.4. The van der Waals surface area contributed by atoms with Crippen molar-refractivity contribution in [2.45, 2.75) is 0 Å². The van der Waals surface area contributed by atoms with Gasteiger partial charge >= 0.3 is 5.97 Å². The van der Waals surface area contributed by atoms with Crippen LogP contribution in [-0.2, 0) is 0 Å². The maximum atomic E-state index is 11.9. The Hall–Kier alpha value is -1.59. The SMILES string of the molecule is O=C(Oc1ccc2cc(Br)ccc2c1)c1ccc(Br)o1. The van der Waals surface area contributed by atoms with Crippen LogP contribution in [0.15, 0.2) is 62.1 Å². The highest BCUT2D eigenvalue weighted by molar-refractivity contribution is 9.10. The van der Waals surface area contributed by atoms with Crippen molar-refractivity contribution in [1.82, 2.24) is 0 Å². The third-order valence-electron chi connectivity index (χ3n) is 2.76. The summed E-state index contributed by atoms with van der Waals surface area (Å²) in [6.07, 6.45) is 0. The molecule has 1 aromatic heterocycles. The number of hydrogen-bond donors (Lipinski definition) is 0. The first-order valence-electron chi connectivity index (χ1n) is 5.79. The van der Waals surface area contributed by atoms with E-state index in [1.165, 1.54) is 0 Å². The molecule has 0 atom stereocenters. The van der Waals surface area contributed by atoms with Crippen molar-refractivity contribution < 1.29 is 13.9 Å². The van der Waals surface area contributed by atoms with Gasteiger partial charge in [0.1, 0.15) is 5.75 Å². The molecule has 0 unspecified atom stereocenters. The lowest BCUT2D eigenvalue weighted by molar-refractivity contribution is 0.0700. The molecule has 3 nitrogen and oxygen atoms in total. The summed E-state index contributed by atoms with van der Waals surface area (Å²) in [7, 11) is 0. The zero-order valence-electron chi connectivity index (χ0n) is 10.1. The van der Waals surface area contributed by atoms with Crippen molar-refractivity contribution in [2.24, 2.45) is 0 Å². The van der Waals surface area contributed by atoms with Gasteiger partial charge in [-0.2, -0.15) is 0 Å². The van der Waals surface area contributed by atoms with Gasteiger partial charge < -0.3 is 9.15 Å². The number of benzene rings is 2. The molecule has 2 aromatic carbocycles. The van der Waals surface area contributed by atoms with Crippen LogP contribution in [0.25, 0.3) is 10.8 Å². The highest BCUT2D eigenvalue weighted by Gasteiger charge is 2.13. The number of fused-ring (bicyclic) bond motifs is 1. The minimum absolute atomic E-state index is 0.160. The van der Waals surface area contributed by atoms with Gasteiger partial charge in [0.15, 0.2) is 4.67 Å². The van der Waals surface area contributed by atoms with Gasteiger partial charge in [-0.05, 0) is 63.1 Å². The number of halogens is 2. The number of carbonyl (C=O) groups excluding carboxylic acids is 1. The molecule has 0 amide bonds. The lowest BCUT2D eigenvalue weighted by Crippen LogP contribution is -2.06. The van der Waals surface area contributed by atoms with Gasteiger partial charge in [0.05, 0.1) is 0 Å². The molecule has 5 heteroatoms. The van der Waals surface area contributed by atoms with E-state index in [0.29, 0.717) is 10.4 Å². The lowest BCUT2D eigenvalue weighted by Gasteiger charge is -2.04. The molecule has 0 aliphatic rings. The van der Waals surface area contributed by atoms with Crippen LogP contribution in [0.1, 0.15) is 10.6 Å². The Morgan fingerprint density at radius 3 is 2.45 bits per heavy atom. The van der Waals surface area contributed by atoms with E-state index in [4.69, 9.17) is 9.15 Å². The average Bonchev–Trinajstić information content (AvgIpc) is 2.86. The second kappa shape index (κ2) is 5.42. The van der Waals surface area contributed by atoms with Crippen molar-refractivity contribution in [1.29, 1.82) is 0 Å². The quantitative estimate of drug-likeness (QED) is 0.443. The van der Waals surface area contributed by atoms with Gasteiger partial charge in [-0.25, -0.2) is 4.79 Å². The zero-order chi connectivity index (χ0) is 14.1. The van der Waals surface area contributed by atoms with Gasteiger partial charge in [0, 0.05) is 4.47 Å². The molecule has 0 fully saturated rings. The zero-order valence-corrected chi connectivity index (χ0v) is 13.3. The minimum Gasteiger partial charge on any atom is -0.442 e. The number of hydrogen-bond acceptors (Lipinski definition) is 3. The van der Waals surface area contributed by atoms with Crippen molar-refractivity contribution in [3.05, 3.63) is 63.4 Å². The van der Waals surface area contributed by atoms with Crippen LogP contribution in [-0.4, -0.2) is 5.97 Å². The Labute approximate surface area is 131 Å². The standard InChI is InChI=1S/C15H8Br2O3/c16-11-3-1-10-8-12(4-2-9(10)7-11)19-15(18)13-5-6-14(17)20-13/h1-8H. The Morgan fingerprint density at radius 1 is 0.950 bits per heavy atom. The van der Waals surface area contributed by atoms with Crippen molar-refractivity contribution in [3.8, 4) is 5.75 Å². The summed E-state index contributed by atoms with van der Waals surface area (Å²) in [5, 5.41) is 2.07. The van der Waals surface area contributed by atoms with E-state index in [0.717, 1.165) is 15.2 Å². The topological polar surface area (TPSA) is 39.4 Å². The predicted octanol–water partition coefficient (Wildman–Crippen LogP) is 5.18. The van der Waals surface area contributed by atoms with Gasteiger partial charge in [-0.15, -0.1) is 0 Å². The first-order valence-corrected chi connectivity index (χ1v) is 7.37. The number of esters is 1. The van der Waals surface area contributed by atoms with Crippen LogP contribution >= 0.6 is 31.9 Å². The third kappa shape index (κ3) is 2.78. The fraction of sp³-hybridized carbons (Fsp3) is 0. The van der Waals surface area contributed by atoms with Crippen molar-refractivity contribution >= 4 is 48.6 Å². The highest BCUT2D eigenvalue weighted by atomic mass is 79.9. The van der Waals surface area contributed by atoms with E-state index < -0.39 is 5.97 Å². The fourth-order valence-corrected chi connectivity index (χ4v) is 2.52. The third-order valence-corrected chi connectivity index (χ3v) is 3.68. The predicted molar refractivity (Wildman–Crippen MR) is 83.0 cm³/mol. The van der Waals surface area contributed by atoms with Gasteiger partial charge in [0.25, 0.3) is 0 Å². The summed E-state index contributed by atoms with van der Waals surface area (Å²) in [6.45, 7) is 0. The van der Waals surface area contributed by atoms with Gasteiger partial charge in [-0.1, -0.05) is 28.1 Å². The summed E-state index contributed by atoms with van der Waals surface area (Å²) in [6, 6.07) is 14.6. The molecular weight excluding hydrogens is 388 g/mol. The Balaban J connectivity index is 1.87. The average molecular weight is 396 g/mol. The molecule has 100 valence electrons. The number of carbonyl (C=O) groups is 1. The Morgan fingerprint density at radius 2 is 1.70 bits per heavy atom. The second-order valence-corrected chi connectivity index (χ2v) is 5.84. The highest BCUT2D eigenvalue weighted by Crippen LogP contribution is 2.25. The molecular formula is C15H8Br2O3. The molecule has 3 rings (SSSR count). The number of ether oxygens (including phenoxy) is 1. The van der Waals surface area contributed by atoms with Crippen LogP contribution in [0.2, 0.25) is 0 Å². The summed E-state index contributed by atoms with van der Waals surface area (Å²) in [5.41, 5.74) is 0. The smallest absolute Gasteiger partial charge is 0.379 e. The van der Waals surface area contributed by atoms with Crippen LogP contribution in [0.3, 0.4) is 0 Å². The first-order chi connectivity index (χ1) is 9.61. The molecule has 0 saturated heterocycles. The summed E-state index contributed by atoms with van der Waals surface area (Å²) in [5.74, 6) is 0.122.